The third kappa shape index (κ3) is 1.33. The molecule has 3 nitrogen and oxygen atoms in total. The van der Waals surface area contributed by atoms with Crippen LogP contribution in [0.5, 0.6) is 5.75 Å². The van der Waals surface area contributed by atoms with E-state index in [1.165, 1.54) is 6.42 Å². The van der Waals surface area contributed by atoms with Crippen LogP contribution in [0.4, 0.5) is 0 Å². The molecule has 0 spiro atoms. The molecule has 1 aromatic rings. The van der Waals surface area contributed by atoms with E-state index >= 15 is 0 Å². The zero-order valence-electron chi connectivity index (χ0n) is 8.67. The molecular formula is C11H15NO2. The molecule has 0 fully saturated rings. The van der Waals surface area contributed by atoms with Crippen LogP contribution in [0, 0.1) is 12.1 Å². The normalized spacial score (nSPS) is 15.0. The molecule has 3 heteroatoms. The van der Waals surface area contributed by atoms with E-state index in [9.17, 15) is 5.21 Å². The summed E-state index contributed by atoms with van der Waals surface area (Å²) in [6, 6.07) is 2.01. The van der Waals surface area contributed by atoms with Gasteiger partial charge in [-0.3, -0.25) is 0 Å². The highest BCUT2D eigenvalue weighted by atomic mass is 16.5. The molecule has 76 valence electrons. The van der Waals surface area contributed by atoms with Crippen molar-refractivity contribution in [2.24, 2.45) is 0 Å². The number of rotatable bonds is 1. The molecule has 0 saturated heterocycles. The van der Waals surface area contributed by atoms with Crippen molar-refractivity contribution < 1.29 is 9.47 Å². The van der Waals surface area contributed by atoms with E-state index in [2.05, 4.69) is 0 Å². The molecule has 0 atom stereocenters. The number of hydrogen-bond acceptors (Lipinski definition) is 2. The molecule has 0 amide bonds. The molecule has 1 aromatic heterocycles. The fourth-order valence-electron chi connectivity index (χ4n) is 2.07. The predicted molar refractivity (Wildman–Crippen MR) is 53.3 cm³/mol. The van der Waals surface area contributed by atoms with Crippen molar-refractivity contribution in [1.29, 1.82) is 0 Å². The number of pyridine rings is 1. The third-order valence-corrected chi connectivity index (χ3v) is 2.91. The van der Waals surface area contributed by atoms with Gasteiger partial charge in [0.2, 0.25) is 5.69 Å². The summed E-state index contributed by atoms with van der Waals surface area (Å²) in [7, 11) is 1.61. The second-order valence-corrected chi connectivity index (χ2v) is 3.77. The highest BCUT2D eigenvalue weighted by Crippen LogP contribution is 2.24. The molecule has 14 heavy (non-hydrogen) atoms. The van der Waals surface area contributed by atoms with Gasteiger partial charge in [-0.15, -0.1) is 0 Å². The first-order valence-electron chi connectivity index (χ1n) is 5.03. The molecule has 0 N–H and O–H groups in total. The van der Waals surface area contributed by atoms with E-state index in [0.717, 1.165) is 35.3 Å². The monoisotopic (exact) mass is 193 g/mol. The Balaban J connectivity index is 2.57. The van der Waals surface area contributed by atoms with Crippen molar-refractivity contribution in [3.05, 3.63) is 28.2 Å². The van der Waals surface area contributed by atoms with E-state index < -0.39 is 0 Å². The van der Waals surface area contributed by atoms with Gasteiger partial charge in [-0.25, -0.2) is 0 Å². The lowest BCUT2D eigenvalue weighted by molar-refractivity contribution is -0.622. The van der Waals surface area contributed by atoms with Crippen LogP contribution in [0.2, 0.25) is 0 Å². The largest absolute Gasteiger partial charge is 0.618 e. The lowest BCUT2D eigenvalue weighted by atomic mass is 9.95. The SMILES string of the molecule is COc1cc2c([n+]([O-])c1C)CCCC2. The Morgan fingerprint density at radius 1 is 1.36 bits per heavy atom. The summed E-state index contributed by atoms with van der Waals surface area (Å²) in [4.78, 5) is 0. The minimum Gasteiger partial charge on any atom is -0.618 e. The molecule has 0 aromatic carbocycles. The van der Waals surface area contributed by atoms with Crippen LogP contribution < -0.4 is 9.47 Å². The number of ether oxygens (including phenoxy) is 1. The highest BCUT2D eigenvalue weighted by Gasteiger charge is 2.22. The summed E-state index contributed by atoms with van der Waals surface area (Å²) in [6.45, 7) is 1.81. The number of nitrogens with zero attached hydrogens (tertiary/aromatic N) is 1. The summed E-state index contributed by atoms with van der Waals surface area (Å²) in [5.41, 5.74) is 2.77. The highest BCUT2D eigenvalue weighted by molar-refractivity contribution is 5.32. The van der Waals surface area contributed by atoms with Crippen molar-refractivity contribution in [3.8, 4) is 5.75 Å². The molecule has 2 rings (SSSR count). The van der Waals surface area contributed by atoms with E-state index in [0.29, 0.717) is 11.4 Å². The predicted octanol–water partition coefficient (Wildman–Crippen LogP) is 1.52. The van der Waals surface area contributed by atoms with Gasteiger partial charge >= 0.3 is 0 Å². The molecule has 0 saturated carbocycles. The van der Waals surface area contributed by atoms with Crippen molar-refractivity contribution >= 4 is 0 Å². The lowest BCUT2D eigenvalue weighted by Crippen LogP contribution is -2.38. The van der Waals surface area contributed by atoms with Crippen LogP contribution in [-0.4, -0.2) is 7.11 Å². The minimum absolute atomic E-state index is 0.674. The van der Waals surface area contributed by atoms with Crippen LogP contribution >= 0.6 is 0 Å². The molecular weight excluding hydrogens is 178 g/mol. The van der Waals surface area contributed by atoms with Gasteiger partial charge in [0.15, 0.2) is 11.4 Å². The van der Waals surface area contributed by atoms with Crippen LogP contribution in [0.15, 0.2) is 6.07 Å². The van der Waals surface area contributed by atoms with Crippen LogP contribution in [0.25, 0.3) is 0 Å². The van der Waals surface area contributed by atoms with E-state index in [1.54, 1.807) is 14.0 Å². The van der Waals surface area contributed by atoms with Gasteiger partial charge in [0, 0.05) is 18.9 Å². The summed E-state index contributed by atoms with van der Waals surface area (Å²) in [6.07, 6.45) is 4.22. The van der Waals surface area contributed by atoms with Gasteiger partial charge in [-0.2, -0.15) is 4.73 Å². The van der Waals surface area contributed by atoms with Crippen LogP contribution in [0.3, 0.4) is 0 Å². The average Bonchev–Trinajstić information content (AvgIpc) is 2.23. The first-order valence-corrected chi connectivity index (χ1v) is 5.03. The molecule has 0 unspecified atom stereocenters. The Labute approximate surface area is 83.9 Å². The first kappa shape index (κ1) is 9.31. The molecule has 1 aliphatic rings. The van der Waals surface area contributed by atoms with Gasteiger partial charge in [0.05, 0.1) is 7.11 Å². The molecule has 1 heterocycles. The molecule has 0 aliphatic heterocycles. The van der Waals surface area contributed by atoms with E-state index in [-0.39, 0.29) is 0 Å². The first-order chi connectivity index (χ1) is 6.74. The Bertz CT molecular complexity index is 361. The fourth-order valence-corrected chi connectivity index (χ4v) is 2.07. The van der Waals surface area contributed by atoms with Gasteiger partial charge in [0.25, 0.3) is 0 Å². The Morgan fingerprint density at radius 3 is 2.79 bits per heavy atom. The second-order valence-electron chi connectivity index (χ2n) is 3.77. The summed E-state index contributed by atoms with van der Waals surface area (Å²) in [5, 5.41) is 11.8. The Hall–Kier alpha value is -1.25. The maximum atomic E-state index is 11.8. The number of aromatic nitrogens is 1. The summed E-state index contributed by atoms with van der Waals surface area (Å²) < 4.78 is 6.21. The number of aryl methyl sites for hydroxylation is 1. The minimum atomic E-state index is 0.674. The second kappa shape index (κ2) is 3.48. The molecule has 0 radical (unpaired) electrons. The van der Waals surface area contributed by atoms with E-state index in [4.69, 9.17) is 4.74 Å². The topological polar surface area (TPSA) is 36.2 Å². The standard InChI is InChI=1S/C11H15NO2/c1-8-11(14-2)7-9-5-3-4-6-10(9)12(8)13/h7H,3-6H2,1-2H3. The van der Waals surface area contributed by atoms with Crippen LogP contribution in [0.1, 0.15) is 29.8 Å². The van der Waals surface area contributed by atoms with Gasteiger partial charge in [-0.05, 0) is 25.3 Å². The smallest absolute Gasteiger partial charge is 0.231 e. The fraction of sp³-hybridized carbons (Fsp3) is 0.545. The van der Waals surface area contributed by atoms with Gasteiger partial charge < -0.3 is 9.94 Å². The maximum absolute atomic E-state index is 11.8. The quantitative estimate of drug-likeness (QED) is 0.500. The zero-order chi connectivity index (χ0) is 10.1. The Morgan fingerprint density at radius 2 is 2.07 bits per heavy atom. The lowest BCUT2D eigenvalue weighted by Gasteiger charge is -2.17. The van der Waals surface area contributed by atoms with E-state index in [1.807, 2.05) is 6.07 Å². The summed E-state index contributed by atoms with van der Waals surface area (Å²) in [5.74, 6) is 0.709. The maximum Gasteiger partial charge on any atom is 0.231 e. The van der Waals surface area contributed by atoms with Crippen molar-refractivity contribution in [2.75, 3.05) is 7.11 Å². The summed E-state index contributed by atoms with van der Waals surface area (Å²) >= 11 is 0. The molecule has 0 bridgehead atoms. The van der Waals surface area contributed by atoms with Gasteiger partial charge in [-0.1, -0.05) is 0 Å². The number of fused-ring (bicyclic) bond motifs is 1. The zero-order valence-corrected chi connectivity index (χ0v) is 8.67. The van der Waals surface area contributed by atoms with Crippen molar-refractivity contribution in [2.45, 2.75) is 32.6 Å². The van der Waals surface area contributed by atoms with Crippen molar-refractivity contribution in [3.63, 3.8) is 0 Å². The Kier molecular flexibility index (Phi) is 2.32. The number of methoxy groups -OCH3 is 1. The average molecular weight is 193 g/mol. The van der Waals surface area contributed by atoms with Gasteiger partial charge in [0.1, 0.15) is 0 Å². The molecule has 1 aliphatic carbocycles. The number of hydrogen-bond donors (Lipinski definition) is 0. The van der Waals surface area contributed by atoms with Crippen molar-refractivity contribution in [1.82, 2.24) is 0 Å². The van der Waals surface area contributed by atoms with Crippen LogP contribution in [-0.2, 0) is 12.8 Å². The third-order valence-electron chi connectivity index (χ3n) is 2.91.